The largest absolute Gasteiger partial charge is 0.465 e. The maximum atomic E-state index is 11.7. The van der Waals surface area contributed by atoms with Crippen LogP contribution in [0.15, 0.2) is 28.9 Å². The van der Waals surface area contributed by atoms with E-state index in [1.807, 2.05) is 0 Å². The van der Waals surface area contributed by atoms with Gasteiger partial charge in [-0.2, -0.15) is 0 Å². The van der Waals surface area contributed by atoms with Gasteiger partial charge in [-0.1, -0.05) is 0 Å². The van der Waals surface area contributed by atoms with E-state index in [-0.39, 0.29) is 12.0 Å². The highest BCUT2D eigenvalue weighted by molar-refractivity contribution is 5.91. The van der Waals surface area contributed by atoms with Crippen LogP contribution in [0.25, 0.3) is 6.08 Å². The molecule has 0 radical (unpaired) electrons. The van der Waals surface area contributed by atoms with Gasteiger partial charge in [0.25, 0.3) is 0 Å². The van der Waals surface area contributed by atoms with Crippen molar-refractivity contribution in [1.29, 1.82) is 0 Å². The van der Waals surface area contributed by atoms with Gasteiger partial charge in [0.05, 0.1) is 12.4 Å². The fourth-order valence-corrected chi connectivity index (χ4v) is 1.99. The van der Waals surface area contributed by atoms with E-state index in [0.717, 1.165) is 12.8 Å². The van der Waals surface area contributed by atoms with Crippen molar-refractivity contribution in [2.45, 2.75) is 18.9 Å². The summed E-state index contributed by atoms with van der Waals surface area (Å²) in [5.41, 5.74) is 0. The van der Waals surface area contributed by atoms with Crippen LogP contribution < -0.4 is 0 Å². The van der Waals surface area contributed by atoms with E-state index in [0.29, 0.717) is 18.2 Å². The van der Waals surface area contributed by atoms with Crippen LogP contribution in [0.2, 0.25) is 0 Å². The molecular weight excluding hydrogens is 218 g/mol. The topological polar surface area (TPSA) is 53.7 Å². The molecule has 1 aromatic heterocycles. The molecule has 92 valence electrons. The standard InChI is InChI=1S/C13H17NO3/c1-14(9-10-7-11(15)8-10)13(16)5-4-12-3-2-6-17-12/h2-6,10-11,15H,7-9H2,1H3. The minimum absolute atomic E-state index is 0.0391. The third kappa shape index (κ3) is 3.20. The highest BCUT2D eigenvalue weighted by atomic mass is 16.3. The third-order valence-electron chi connectivity index (χ3n) is 3.05. The Balaban J connectivity index is 1.79. The molecule has 1 aliphatic carbocycles. The summed E-state index contributed by atoms with van der Waals surface area (Å²) in [6.07, 6.45) is 6.19. The molecule has 0 aliphatic heterocycles. The highest BCUT2D eigenvalue weighted by Gasteiger charge is 2.28. The van der Waals surface area contributed by atoms with Crippen LogP contribution >= 0.6 is 0 Å². The van der Waals surface area contributed by atoms with Crippen molar-refractivity contribution < 1.29 is 14.3 Å². The summed E-state index contributed by atoms with van der Waals surface area (Å²) < 4.78 is 5.10. The zero-order valence-electron chi connectivity index (χ0n) is 9.87. The molecule has 2 rings (SSSR count). The van der Waals surface area contributed by atoms with Gasteiger partial charge < -0.3 is 14.4 Å². The van der Waals surface area contributed by atoms with Crippen molar-refractivity contribution in [3.05, 3.63) is 30.2 Å². The Hall–Kier alpha value is -1.55. The van der Waals surface area contributed by atoms with Crippen LogP contribution in [0.3, 0.4) is 0 Å². The van der Waals surface area contributed by atoms with Gasteiger partial charge in [-0.25, -0.2) is 0 Å². The van der Waals surface area contributed by atoms with E-state index in [9.17, 15) is 4.79 Å². The molecule has 0 saturated heterocycles. The Kier molecular flexibility index (Phi) is 3.64. The second-order valence-electron chi connectivity index (χ2n) is 4.56. The number of furan rings is 1. The number of aliphatic hydroxyl groups is 1. The Morgan fingerprint density at radius 3 is 3.00 bits per heavy atom. The predicted octanol–water partition coefficient (Wildman–Crippen LogP) is 1.52. The van der Waals surface area contributed by atoms with Crippen LogP contribution in [0, 0.1) is 5.92 Å². The molecule has 1 amide bonds. The van der Waals surface area contributed by atoms with E-state index >= 15 is 0 Å². The molecular formula is C13H17NO3. The molecule has 0 bridgehead atoms. The summed E-state index contributed by atoms with van der Waals surface area (Å²) in [5, 5.41) is 9.17. The zero-order valence-corrected chi connectivity index (χ0v) is 9.87. The van der Waals surface area contributed by atoms with E-state index in [2.05, 4.69) is 0 Å². The first-order valence-corrected chi connectivity index (χ1v) is 5.80. The second-order valence-corrected chi connectivity index (χ2v) is 4.56. The highest BCUT2D eigenvalue weighted by Crippen LogP contribution is 2.27. The maximum Gasteiger partial charge on any atom is 0.246 e. The summed E-state index contributed by atoms with van der Waals surface area (Å²) >= 11 is 0. The molecule has 1 saturated carbocycles. The number of carbonyl (C=O) groups excluding carboxylic acids is 1. The first-order chi connectivity index (χ1) is 8.15. The summed E-state index contributed by atoms with van der Waals surface area (Å²) in [6, 6.07) is 3.58. The number of amides is 1. The molecule has 4 heteroatoms. The van der Waals surface area contributed by atoms with E-state index in [1.165, 1.54) is 6.08 Å². The minimum Gasteiger partial charge on any atom is -0.465 e. The number of nitrogens with zero attached hydrogens (tertiary/aromatic N) is 1. The van der Waals surface area contributed by atoms with Crippen LogP contribution in [0.4, 0.5) is 0 Å². The lowest BCUT2D eigenvalue weighted by Gasteiger charge is -2.34. The number of hydrogen-bond donors (Lipinski definition) is 1. The van der Waals surface area contributed by atoms with Gasteiger partial charge in [-0.05, 0) is 37.0 Å². The van der Waals surface area contributed by atoms with E-state index in [1.54, 1.807) is 36.4 Å². The summed E-state index contributed by atoms with van der Waals surface area (Å²) in [4.78, 5) is 13.4. The first kappa shape index (κ1) is 11.9. The number of carbonyl (C=O) groups is 1. The van der Waals surface area contributed by atoms with Gasteiger partial charge in [0.1, 0.15) is 5.76 Å². The Morgan fingerprint density at radius 2 is 2.41 bits per heavy atom. The van der Waals surface area contributed by atoms with Gasteiger partial charge in [-0.3, -0.25) is 4.79 Å². The number of rotatable bonds is 4. The van der Waals surface area contributed by atoms with Crippen molar-refractivity contribution in [2.24, 2.45) is 5.92 Å². The SMILES string of the molecule is CN(CC1CC(O)C1)C(=O)C=Cc1ccco1. The average molecular weight is 235 g/mol. The average Bonchev–Trinajstić information content (AvgIpc) is 2.76. The van der Waals surface area contributed by atoms with Gasteiger partial charge in [0.2, 0.25) is 5.91 Å². The van der Waals surface area contributed by atoms with Crippen molar-refractivity contribution >= 4 is 12.0 Å². The quantitative estimate of drug-likeness (QED) is 0.805. The number of hydrogen-bond acceptors (Lipinski definition) is 3. The monoisotopic (exact) mass is 235 g/mol. The van der Waals surface area contributed by atoms with E-state index in [4.69, 9.17) is 9.52 Å². The van der Waals surface area contributed by atoms with Crippen molar-refractivity contribution in [3.63, 3.8) is 0 Å². The van der Waals surface area contributed by atoms with Gasteiger partial charge >= 0.3 is 0 Å². The van der Waals surface area contributed by atoms with Crippen molar-refractivity contribution in [1.82, 2.24) is 4.90 Å². The lowest BCUT2D eigenvalue weighted by atomic mass is 9.82. The molecule has 1 aromatic rings. The molecule has 1 aliphatic rings. The Bertz CT molecular complexity index is 391. The second kappa shape index (κ2) is 5.19. The summed E-state index contributed by atoms with van der Waals surface area (Å²) in [6.45, 7) is 0.707. The molecule has 0 unspecified atom stereocenters. The van der Waals surface area contributed by atoms with Gasteiger partial charge in [-0.15, -0.1) is 0 Å². The fourth-order valence-electron chi connectivity index (χ4n) is 1.99. The molecule has 1 N–H and O–H groups in total. The van der Waals surface area contributed by atoms with Crippen molar-refractivity contribution in [2.75, 3.05) is 13.6 Å². The maximum absolute atomic E-state index is 11.7. The zero-order chi connectivity index (χ0) is 12.3. The normalized spacial score (nSPS) is 23.6. The number of aliphatic hydroxyl groups excluding tert-OH is 1. The lowest BCUT2D eigenvalue weighted by molar-refractivity contribution is -0.126. The smallest absolute Gasteiger partial charge is 0.246 e. The molecule has 1 heterocycles. The molecule has 1 fully saturated rings. The minimum atomic E-state index is -0.165. The molecule has 4 nitrogen and oxygen atoms in total. The number of likely N-dealkylation sites (N-methyl/N-ethyl adjacent to an activating group) is 1. The first-order valence-electron chi connectivity index (χ1n) is 5.80. The molecule has 0 aromatic carbocycles. The predicted molar refractivity (Wildman–Crippen MR) is 64.1 cm³/mol. The lowest BCUT2D eigenvalue weighted by Crippen LogP contribution is -2.38. The van der Waals surface area contributed by atoms with Gasteiger partial charge in [0, 0.05) is 19.7 Å². The van der Waals surface area contributed by atoms with Gasteiger partial charge in [0.15, 0.2) is 0 Å². The Morgan fingerprint density at radius 1 is 1.65 bits per heavy atom. The third-order valence-corrected chi connectivity index (χ3v) is 3.05. The van der Waals surface area contributed by atoms with E-state index < -0.39 is 0 Å². The fraction of sp³-hybridized carbons (Fsp3) is 0.462. The Labute approximate surface area is 101 Å². The summed E-state index contributed by atoms with van der Waals surface area (Å²) in [5.74, 6) is 1.07. The van der Waals surface area contributed by atoms with Crippen molar-refractivity contribution in [3.8, 4) is 0 Å². The summed E-state index contributed by atoms with van der Waals surface area (Å²) in [7, 11) is 1.78. The van der Waals surface area contributed by atoms with Crippen LogP contribution in [0.5, 0.6) is 0 Å². The van der Waals surface area contributed by atoms with Crippen LogP contribution in [-0.2, 0) is 4.79 Å². The molecule has 0 spiro atoms. The molecule has 17 heavy (non-hydrogen) atoms. The van der Waals surface area contributed by atoms with Crippen LogP contribution in [-0.4, -0.2) is 35.6 Å². The molecule has 0 atom stereocenters. The van der Waals surface area contributed by atoms with Crippen LogP contribution in [0.1, 0.15) is 18.6 Å².